The molecular formula is C17H22N4OS. The lowest BCUT2D eigenvalue weighted by atomic mass is 10.2. The summed E-state index contributed by atoms with van der Waals surface area (Å²) in [7, 11) is 0. The summed E-state index contributed by atoms with van der Waals surface area (Å²) < 4.78 is 2.17. The Hall–Kier alpha value is -1.82. The zero-order valence-corrected chi connectivity index (χ0v) is 14.3. The van der Waals surface area contributed by atoms with Crippen molar-refractivity contribution in [3.05, 3.63) is 41.7 Å². The van der Waals surface area contributed by atoms with Crippen LogP contribution in [0.3, 0.4) is 0 Å². The van der Waals surface area contributed by atoms with E-state index in [0.29, 0.717) is 24.3 Å². The molecule has 1 N–H and O–H groups in total. The van der Waals surface area contributed by atoms with Crippen molar-refractivity contribution in [3.63, 3.8) is 0 Å². The first-order valence-electron chi connectivity index (χ1n) is 8.03. The van der Waals surface area contributed by atoms with E-state index in [1.807, 2.05) is 30.3 Å². The third kappa shape index (κ3) is 4.13. The number of rotatable bonds is 7. The molecule has 0 spiro atoms. The predicted molar refractivity (Wildman–Crippen MR) is 91.4 cm³/mol. The monoisotopic (exact) mass is 330 g/mol. The molecule has 1 aliphatic carbocycles. The van der Waals surface area contributed by atoms with Crippen LogP contribution in [-0.4, -0.2) is 26.4 Å². The Balaban J connectivity index is 1.54. The number of amides is 1. The quantitative estimate of drug-likeness (QED) is 0.792. The van der Waals surface area contributed by atoms with E-state index in [4.69, 9.17) is 0 Å². The maximum atomic E-state index is 12.0. The van der Waals surface area contributed by atoms with Crippen LogP contribution in [0.15, 0.2) is 35.5 Å². The number of hydrogen-bond acceptors (Lipinski definition) is 4. The van der Waals surface area contributed by atoms with Gasteiger partial charge in [-0.3, -0.25) is 4.79 Å². The maximum absolute atomic E-state index is 12.0. The molecule has 0 radical (unpaired) electrons. The van der Waals surface area contributed by atoms with Crippen molar-refractivity contribution in [1.82, 2.24) is 20.1 Å². The van der Waals surface area contributed by atoms with Crippen molar-refractivity contribution in [3.8, 4) is 0 Å². The van der Waals surface area contributed by atoms with Gasteiger partial charge in [0.15, 0.2) is 5.16 Å². The van der Waals surface area contributed by atoms with Crippen molar-refractivity contribution in [2.45, 2.75) is 50.4 Å². The van der Waals surface area contributed by atoms with Gasteiger partial charge in [0.25, 0.3) is 0 Å². The van der Waals surface area contributed by atoms with Crippen molar-refractivity contribution >= 4 is 17.7 Å². The second kappa shape index (κ2) is 7.17. The molecule has 1 aromatic carbocycles. The summed E-state index contributed by atoms with van der Waals surface area (Å²) in [5.41, 5.74) is 1.10. The molecule has 122 valence electrons. The van der Waals surface area contributed by atoms with Gasteiger partial charge in [-0.05, 0) is 32.3 Å². The lowest BCUT2D eigenvalue weighted by Gasteiger charge is -2.13. The highest BCUT2D eigenvalue weighted by molar-refractivity contribution is 7.99. The largest absolute Gasteiger partial charge is 0.351 e. The van der Waals surface area contributed by atoms with Gasteiger partial charge in [-0.25, -0.2) is 0 Å². The summed E-state index contributed by atoms with van der Waals surface area (Å²) >= 11 is 1.46. The van der Waals surface area contributed by atoms with Crippen LogP contribution in [0.25, 0.3) is 0 Å². The van der Waals surface area contributed by atoms with Gasteiger partial charge in [-0.15, -0.1) is 10.2 Å². The number of benzene rings is 1. The Morgan fingerprint density at radius 2 is 2.04 bits per heavy atom. The molecule has 1 heterocycles. The Bertz CT molecular complexity index is 664. The number of hydrogen-bond donors (Lipinski definition) is 1. The van der Waals surface area contributed by atoms with E-state index in [-0.39, 0.29) is 5.91 Å². The number of nitrogens with one attached hydrogen (secondary N) is 1. The van der Waals surface area contributed by atoms with Gasteiger partial charge in [-0.2, -0.15) is 0 Å². The fourth-order valence-corrected chi connectivity index (χ4v) is 3.37. The van der Waals surface area contributed by atoms with Gasteiger partial charge in [0.1, 0.15) is 5.82 Å². The van der Waals surface area contributed by atoms with Gasteiger partial charge in [0, 0.05) is 18.5 Å². The summed E-state index contributed by atoms with van der Waals surface area (Å²) in [4.78, 5) is 12.0. The van der Waals surface area contributed by atoms with Gasteiger partial charge in [0.2, 0.25) is 5.91 Å². The number of aromatic nitrogens is 3. The van der Waals surface area contributed by atoms with Crippen LogP contribution >= 0.6 is 11.8 Å². The van der Waals surface area contributed by atoms with Crippen molar-refractivity contribution in [2.24, 2.45) is 0 Å². The summed E-state index contributed by atoms with van der Waals surface area (Å²) in [5, 5.41) is 12.4. The lowest BCUT2D eigenvalue weighted by molar-refractivity contribution is -0.118. The average Bonchev–Trinajstić information content (AvgIpc) is 3.31. The summed E-state index contributed by atoms with van der Waals surface area (Å²) in [6.07, 6.45) is 2.40. The van der Waals surface area contributed by atoms with Crippen molar-refractivity contribution < 1.29 is 4.79 Å². The van der Waals surface area contributed by atoms with Crippen LogP contribution in [-0.2, 0) is 11.3 Å². The second-order valence-corrected chi connectivity index (χ2v) is 7.07. The zero-order chi connectivity index (χ0) is 16.2. The van der Waals surface area contributed by atoms with Crippen LogP contribution in [0.5, 0.6) is 0 Å². The molecule has 0 saturated heterocycles. The fraction of sp³-hybridized carbons (Fsp3) is 0.471. The average molecular weight is 330 g/mol. The molecular weight excluding hydrogens is 308 g/mol. The molecule has 1 amide bonds. The minimum Gasteiger partial charge on any atom is -0.351 e. The molecule has 0 atom stereocenters. The summed E-state index contributed by atoms with van der Waals surface area (Å²) in [5.74, 6) is 2.02. The molecule has 6 heteroatoms. The van der Waals surface area contributed by atoms with Crippen LogP contribution in [0, 0.1) is 0 Å². The third-order valence-electron chi connectivity index (χ3n) is 3.81. The van der Waals surface area contributed by atoms with Gasteiger partial charge >= 0.3 is 0 Å². The third-order valence-corrected chi connectivity index (χ3v) is 4.76. The highest BCUT2D eigenvalue weighted by Gasteiger charge is 2.31. The van der Waals surface area contributed by atoms with Crippen molar-refractivity contribution in [2.75, 3.05) is 5.75 Å². The molecule has 1 aromatic heterocycles. The van der Waals surface area contributed by atoms with Crippen LogP contribution in [0.2, 0.25) is 0 Å². The SMILES string of the molecule is CC(C)n1c(SCC(=O)NCc2ccccc2)nnc1C1CC1. The Labute approximate surface area is 140 Å². The molecule has 5 nitrogen and oxygen atoms in total. The molecule has 0 aliphatic heterocycles. The van der Waals surface area contributed by atoms with E-state index in [0.717, 1.165) is 16.5 Å². The van der Waals surface area contributed by atoms with Crippen LogP contribution in [0.4, 0.5) is 0 Å². The van der Waals surface area contributed by atoms with E-state index in [2.05, 4.69) is 33.9 Å². The first-order valence-corrected chi connectivity index (χ1v) is 9.02. The van der Waals surface area contributed by atoms with Gasteiger partial charge < -0.3 is 9.88 Å². The second-order valence-electron chi connectivity index (χ2n) is 6.13. The fourth-order valence-electron chi connectivity index (χ4n) is 2.47. The minimum absolute atomic E-state index is 0.0186. The molecule has 23 heavy (non-hydrogen) atoms. The molecule has 2 aromatic rings. The van der Waals surface area contributed by atoms with Crippen molar-refractivity contribution in [1.29, 1.82) is 0 Å². The Kier molecular flexibility index (Phi) is 5.00. The standard InChI is InChI=1S/C17H22N4OS/c1-12(2)21-16(14-8-9-14)19-20-17(21)23-11-15(22)18-10-13-6-4-3-5-7-13/h3-7,12,14H,8-11H2,1-2H3,(H,18,22). The molecule has 3 rings (SSSR count). The lowest BCUT2D eigenvalue weighted by Crippen LogP contribution is -2.24. The molecule has 1 saturated carbocycles. The zero-order valence-electron chi connectivity index (χ0n) is 13.5. The topological polar surface area (TPSA) is 59.8 Å². The molecule has 1 fully saturated rings. The number of thioether (sulfide) groups is 1. The summed E-state index contributed by atoms with van der Waals surface area (Å²) in [6, 6.07) is 10.2. The maximum Gasteiger partial charge on any atom is 0.230 e. The Morgan fingerprint density at radius 3 is 2.70 bits per heavy atom. The van der Waals surface area contributed by atoms with Gasteiger partial charge in [-0.1, -0.05) is 42.1 Å². The van der Waals surface area contributed by atoms with E-state index in [1.54, 1.807) is 0 Å². The smallest absolute Gasteiger partial charge is 0.230 e. The summed E-state index contributed by atoms with van der Waals surface area (Å²) in [6.45, 7) is 4.83. The highest BCUT2D eigenvalue weighted by Crippen LogP contribution is 2.41. The van der Waals surface area contributed by atoms with Crippen LogP contribution < -0.4 is 5.32 Å². The molecule has 0 bridgehead atoms. The first kappa shape index (κ1) is 16.1. The van der Waals surface area contributed by atoms with E-state index in [9.17, 15) is 4.79 Å². The number of carbonyl (C=O) groups is 1. The number of carbonyl (C=O) groups excluding carboxylic acids is 1. The normalized spacial score (nSPS) is 14.2. The molecule has 1 aliphatic rings. The van der Waals surface area contributed by atoms with E-state index < -0.39 is 0 Å². The first-order chi connectivity index (χ1) is 11.1. The Morgan fingerprint density at radius 1 is 1.30 bits per heavy atom. The van der Waals surface area contributed by atoms with Gasteiger partial charge in [0.05, 0.1) is 5.75 Å². The number of nitrogens with zero attached hydrogens (tertiary/aromatic N) is 3. The van der Waals surface area contributed by atoms with E-state index >= 15 is 0 Å². The highest BCUT2D eigenvalue weighted by atomic mass is 32.2. The minimum atomic E-state index is 0.0186. The van der Waals surface area contributed by atoms with E-state index in [1.165, 1.54) is 24.6 Å². The predicted octanol–water partition coefficient (Wildman–Crippen LogP) is 3.14. The molecule has 0 unspecified atom stereocenters. The van der Waals surface area contributed by atoms with Crippen LogP contribution in [0.1, 0.15) is 50.0 Å².